The van der Waals surface area contributed by atoms with Gasteiger partial charge in [-0.1, -0.05) is 115 Å². The molecule has 5 nitrogen and oxygen atoms in total. The predicted molar refractivity (Wildman–Crippen MR) is 218 cm³/mol. The molecule has 0 atom stereocenters. The minimum absolute atomic E-state index is 0.699. The minimum atomic E-state index is 0.699. The van der Waals surface area contributed by atoms with E-state index in [1.807, 2.05) is 16.8 Å². The summed E-state index contributed by atoms with van der Waals surface area (Å²) >= 11 is 0. The summed E-state index contributed by atoms with van der Waals surface area (Å²) < 4.78 is 6.60. The third kappa shape index (κ3) is 4.64. The first kappa shape index (κ1) is 29.5. The molecule has 248 valence electrons. The molecule has 0 aliphatic heterocycles. The molecule has 0 fully saturated rings. The van der Waals surface area contributed by atoms with Crippen molar-refractivity contribution >= 4 is 49.3 Å². The van der Waals surface area contributed by atoms with E-state index in [-0.39, 0.29) is 0 Å². The molecule has 0 radical (unpaired) electrons. The molecular weight excluding hydrogens is 647 g/mol. The SMILES string of the molecule is c1ccc(-n2c3ccccc3c3cc(-c4cccn5nc(-c6ccc(-c7cccc(-n8c9ccccc9c9ccccc98)c7)cc6)nc45)ccc32)cc1. The van der Waals surface area contributed by atoms with Crippen molar-refractivity contribution in [1.82, 2.24) is 23.7 Å². The molecule has 0 aliphatic carbocycles. The monoisotopic (exact) mass is 677 g/mol. The van der Waals surface area contributed by atoms with Crippen LogP contribution in [0.2, 0.25) is 0 Å². The lowest BCUT2D eigenvalue weighted by Gasteiger charge is -2.10. The van der Waals surface area contributed by atoms with Crippen molar-refractivity contribution in [3.63, 3.8) is 0 Å². The van der Waals surface area contributed by atoms with Crippen LogP contribution in [-0.4, -0.2) is 23.7 Å². The van der Waals surface area contributed by atoms with E-state index in [1.54, 1.807) is 0 Å². The highest BCUT2D eigenvalue weighted by Crippen LogP contribution is 2.37. The van der Waals surface area contributed by atoms with Gasteiger partial charge in [0.1, 0.15) is 0 Å². The van der Waals surface area contributed by atoms with Crippen molar-refractivity contribution in [2.45, 2.75) is 0 Å². The summed E-state index contributed by atoms with van der Waals surface area (Å²) in [7, 11) is 0. The number of hydrogen-bond donors (Lipinski definition) is 0. The number of rotatable bonds is 5. The fourth-order valence-electron chi connectivity index (χ4n) is 8.09. The van der Waals surface area contributed by atoms with Crippen molar-refractivity contribution in [3.8, 4) is 45.0 Å². The Morgan fingerprint density at radius 2 is 0.925 bits per heavy atom. The second-order valence-electron chi connectivity index (χ2n) is 13.5. The number of pyridine rings is 1. The van der Waals surface area contributed by atoms with Gasteiger partial charge >= 0.3 is 0 Å². The summed E-state index contributed by atoms with van der Waals surface area (Å²) in [6.45, 7) is 0. The van der Waals surface area contributed by atoms with Crippen LogP contribution in [0.4, 0.5) is 0 Å². The number of aromatic nitrogens is 5. The van der Waals surface area contributed by atoms with Crippen LogP contribution in [0.1, 0.15) is 0 Å². The zero-order chi connectivity index (χ0) is 34.9. The summed E-state index contributed by atoms with van der Waals surface area (Å²) in [5, 5.41) is 9.89. The highest BCUT2D eigenvalue weighted by molar-refractivity contribution is 6.11. The third-order valence-electron chi connectivity index (χ3n) is 10.5. The normalized spacial score (nSPS) is 11.8. The Labute approximate surface area is 305 Å². The Hall–Kier alpha value is -7.24. The van der Waals surface area contributed by atoms with Gasteiger partial charge < -0.3 is 9.13 Å². The molecule has 0 saturated carbocycles. The summed E-state index contributed by atoms with van der Waals surface area (Å²) in [6.07, 6.45) is 1.98. The van der Waals surface area contributed by atoms with Crippen LogP contribution in [-0.2, 0) is 0 Å². The molecule has 0 amide bonds. The van der Waals surface area contributed by atoms with Crippen LogP contribution < -0.4 is 0 Å². The van der Waals surface area contributed by atoms with E-state index >= 15 is 0 Å². The van der Waals surface area contributed by atoms with Crippen LogP contribution in [0.5, 0.6) is 0 Å². The smallest absolute Gasteiger partial charge is 0.182 e. The predicted octanol–water partition coefficient (Wildman–Crippen LogP) is 11.9. The molecule has 11 rings (SSSR count). The van der Waals surface area contributed by atoms with Crippen LogP contribution in [0.25, 0.3) is 94.3 Å². The van der Waals surface area contributed by atoms with E-state index in [2.05, 4.69) is 185 Å². The Kier molecular flexibility index (Phi) is 6.48. The number of fused-ring (bicyclic) bond motifs is 7. The summed E-state index contributed by atoms with van der Waals surface area (Å²) in [5.74, 6) is 0.699. The molecule has 53 heavy (non-hydrogen) atoms. The molecule has 0 unspecified atom stereocenters. The van der Waals surface area contributed by atoms with Crippen LogP contribution >= 0.6 is 0 Å². The molecule has 0 aliphatic rings. The van der Waals surface area contributed by atoms with Gasteiger partial charge in [0, 0.05) is 50.2 Å². The molecule has 4 aromatic heterocycles. The number of benzene rings is 7. The fourth-order valence-corrected chi connectivity index (χ4v) is 8.09. The lowest BCUT2D eigenvalue weighted by Crippen LogP contribution is -1.94. The quantitative estimate of drug-likeness (QED) is 0.182. The number of hydrogen-bond acceptors (Lipinski definition) is 2. The lowest BCUT2D eigenvalue weighted by atomic mass is 10.0. The second-order valence-corrected chi connectivity index (χ2v) is 13.5. The molecule has 0 N–H and O–H groups in total. The lowest BCUT2D eigenvalue weighted by molar-refractivity contribution is 0.967. The van der Waals surface area contributed by atoms with Crippen molar-refractivity contribution in [2.75, 3.05) is 0 Å². The van der Waals surface area contributed by atoms with Gasteiger partial charge in [0.15, 0.2) is 11.5 Å². The summed E-state index contributed by atoms with van der Waals surface area (Å²) in [6, 6.07) is 64.7. The summed E-state index contributed by atoms with van der Waals surface area (Å²) in [5.41, 5.74) is 13.3. The van der Waals surface area contributed by atoms with Crippen molar-refractivity contribution in [2.24, 2.45) is 0 Å². The average Bonchev–Trinajstić information content (AvgIpc) is 3.92. The van der Waals surface area contributed by atoms with Gasteiger partial charge in [-0.2, -0.15) is 0 Å². The first-order valence-corrected chi connectivity index (χ1v) is 17.9. The van der Waals surface area contributed by atoms with Gasteiger partial charge in [0.05, 0.1) is 22.1 Å². The number of nitrogens with zero attached hydrogens (tertiary/aromatic N) is 5. The van der Waals surface area contributed by atoms with E-state index in [4.69, 9.17) is 10.1 Å². The zero-order valence-electron chi connectivity index (χ0n) is 28.6. The van der Waals surface area contributed by atoms with Crippen LogP contribution in [0.3, 0.4) is 0 Å². The van der Waals surface area contributed by atoms with Gasteiger partial charge in [-0.05, 0) is 83.4 Å². The van der Waals surface area contributed by atoms with E-state index in [1.165, 1.54) is 43.6 Å². The van der Waals surface area contributed by atoms with Gasteiger partial charge in [-0.3, -0.25) is 0 Å². The zero-order valence-corrected chi connectivity index (χ0v) is 28.6. The van der Waals surface area contributed by atoms with Crippen molar-refractivity contribution < 1.29 is 0 Å². The number of para-hydroxylation sites is 4. The molecular formula is C48H31N5. The topological polar surface area (TPSA) is 40.0 Å². The molecule has 7 aromatic carbocycles. The van der Waals surface area contributed by atoms with Gasteiger partial charge in [0.25, 0.3) is 0 Å². The van der Waals surface area contributed by atoms with E-state index < -0.39 is 0 Å². The van der Waals surface area contributed by atoms with Crippen LogP contribution in [0, 0.1) is 0 Å². The Bertz CT molecular complexity index is 3110. The average molecular weight is 678 g/mol. The first-order chi connectivity index (χ1) is 26.3. The molecule has 11 aromatic rings. The van der Waals surface area contributed by atoms with E-state index in [0.29, 0.717) is 5.82 Å². The van der Waals surface area contributed by atoms with Gasteiger partial charge in [-0.15, -0.1) is 5.10 Å². The first-order valence-electron chi connectivity index (χ1n) is 17.9. The largest absolute Gasteiger partial charge is 0.309 e. The van der Waals surface area contributed by atoms with Crippen molar-refractivity contribution in [3.05, 3.63) is 188 Å². The summed E-state index contributed by atoms with van der Waals surface area (Å²) in [4.78, 5) is 5.11. The van der Waals surface area contributed by atoms with Crippen LogP contribution in [0.15, 0.2) is 188 Å². The molecule has 4 heterocycles. The van der Waals surface area contributed by atoms with Gasteiger partial charge in [0.2, 0.25) is 0 Å². The maximum Gasteiger partial charge on any atom is 0.182 e. The maximum atomic E-state index is 5.11. The van der Waals surface area contributed by atoms with Crippen molar-refractivity contribution in [1.29, 1.82) is 0 Å². The Morgan fingerprint density at radius 1 is 0.358 bits per heavy atom. The Balaban J connectivity index is 0.957. The standard InChI is InChI=1S/C48H31N5/c1-2-13-36(14-3-1)52-45-22-9-6-18-41(45)42-31-35(27-28-46(42)52)38-19-11-29-51-48(38)49-47(50-51)33-25-23-32(24-26-33)34-12-10-15-37(30-34)53-43-20-7-4-16-39(43)40-17-5-8-21-44(40)53/h1-31H. The van der Waals surface area contributed by atoms with Gasteiger partial charge in [-0.25, -0.2) is 9.50 Å². The molecule has 0 spiro atoms. The fraction of sp³-hybridized carbons (Fsp3) is 0. The maximum absolute atomic E-state index is 5.11. The Morgan fingerprint density at radius 3 is 1.64 bits per heavy atom. The third-order valence-corrected chi connectivity index (χ3v) is 10.5. The molecule has 0 bridgehead atoms. The molecule has 5 heteroatoms. The highest BCUT2D eigenvalue weighted by Gasteiger charge is 2.17. The highest BCUT2D eigenvalue weighted by atomic mass is 15.3. The van der Waals surface area contributed by atoms with E-state index in [9.17, 15) is 0 Å². The minimum Gasteiger partial charge on any atom is -0.309 e. The molecule has 0 saturated heterocycles. The van der Waals surface area contributed by atoms with E-state index in [0.717, 1.165) is 44.8 Å². The second kappa shape index (κ2) is 11.7.